The van der Waals surface area contributed by atoms with Crippen LogP contribution >= 0.6 is 0 Å². The summed E-state index contributed by atoms with van der Waals surface area (Å²) in [6, 6.07) is 14.2. The van der Waals surface area contributed by atoms with E-state index in [-0.39, 0.29) is 5.91 Å². The maximum Gasteiger partial charge on any atom is 0.328 e. The number of carbonyl (C=O) groups is 2. The fourth-order valence-electron chi connectivity index (χ4n) is 3.96. The van der Waals surface area contributed by atoms with Gasteiger partial charge in [0, 0.05) is 11.3 Å². The molecular weight excluding hydrogens is 352 g/mol. The molecule has 3 rings (SSSR count). The van der Waals surface area contributed by atoms with Crippen molar-refractivity contribution in [2.24, 2.45) is 5.92 Å². The molecule has 148 valence electrons. The summed E-state index contributed by atoms with van der Waals surface area (Å²) in [7, 11) is 1.36. The van der Waals surface area contributed by atoms with Gasteiger partial charge in [0.2, 0.25) is 0 Å². The zero-order valence-electron chi connectivity index (χ0n) is 16.3. The fraction of sp³-hybridized carbons (Fsp3) is 0.391. The van der Waals surface area contributed by atoms with Crippen LogP contribution in [-0.4, -0.2) is 25.0 Å². The lowest BCUT2D eigenvalue weighted by Gasteiger charge is -2.26. The number of nitrogens with one attached hydrogen (secondary N) is 1. The minimum Gasteiger partial charge on any atom is -0.467 e. The van der Waals surface area contributed by atoms with Gasteiger partial charge in [-0.25, -0.2) is 4.79 Å². The van der Waals surface area contributed by atoms with Gasteiger partial charge in [0.15, 0.2) is 0 Å². The van der Waals surface area contributed by atoms with Gasteiger partial charge in [-0.15, -0.1) is 0 Å². The van der Waals surface area contributed by atoms with E-state index in [9.17, 15) is 9.59 Å². The number of carbonyl (C=O) groups excluding carboxylic acids is 2. The molecule has 1 atom stereocenters. The van der Waals surface area contributed by atoms with Crippen LogP contribution in [0.15, 0.2) is 48.5 Å². The Labute approximate surface area is 166 Å². The highest BCUT2D eigenvalue weighted by Crippen LogP contribution is 2.29. The van der Waals surface area contributed by atoms with E-state index in [0.29, 0.717) is 23.6 Å². The highest BCUT2D eigenvalue weighted by molar-refractivity contribution is 6.03. The Balaban J connectivity index is 1.82. The average Bonchev–Trinajstić information content (AvgIpc) is 2.74. The molecule has 0 radical (unpaired) electrons. The Kier molecular flexibility index (Phi) is 6.69. The Morgan fingerprint density at radius 3 is 2.50 bits per heavy atom. The van der Waals surface area contributed by atoms with Crippen molar-refractivity contribution in [3.8, 4) is 11.1 Å². The number of rotatable bonds is 6. The monoisotopic (exact) mass is 380 g/mol. The topological polar surface area (TPSA) is 81.4 Å². The van der Waals surface area contributed by atoms with Crippen LogP contribution in [0.1, 0.15) is 48.9 Å². The van der Waals surface area contributed by atoms with Crippen LogP contribution in [0, 0.1) is 5.92 Å². The Hall–Kier alpha value is -2.82. The van der Waals surface area contributed by atoms with Crippen molar-refractivity contribution in [2.75, 3.05) is 12.8 Å². The highest BCUT2D eigenvalue weighted by atomic mass is 16.5. The molecule has 0 bridgehead atoms. The maximum absolute atomic E-state index is 13.1. The minimum atomic E-state index is -0.637. The lowest BCUT2D eigenvalue weighted by Crippen LogP contribution is -2.43. The summed E-state index contributed by atoms with van der Waals surface area (Å²) < 4.78 is 4.95. The van der Waals surface area contributed by atoms with Crippen LogP contribution in [0.4, 0.5) is 5.69 Å². The first kappa shape index (κ1) is 19.9. The molecular formula is C23H28N2O3. The molecule has 5 nitrogen and oxygen atoms in total. The summed E-state index contributed by atoms with van der Waals surface area (Å²) in [5.74, 6) is -0.237. The first-order valence-corrected chi connectivity index (χ1v) is 9.92. The van der Waals surface area contributed by atoms with Crippen molar-refractivity contribution in [1.29, 1.82) is 0 Å². The molecule has 1 aliphatic rings. The van der Waals surface area contributed by atoms with Crippen molar-refractivity contribution in [3.63, 3.8) is 0 Å². The van der Waals surface area contributed by atoms with E-state index in [1.54, 1.807) is 18.2 Å². The minimum absolute atomic E-state index is 0.287. The fourth-order valence-corrected chi connectivity index (χ4v) is 3.96. The molecule has 1 aliphatic carbocycles. The highest BCUT2D eigenvalue weighted by Gasteiger charge is 2.27. The van der Waals surface area contributed by atoms with Crippen LogP contribution in [0.5, 0.6) is 0 Å². The molecule has 0 saturated heterocycles. The van der Waals surface area contributed by atoms with E-state index in [0.717, 1.165) is 24.0 Å². The van der Waals surface area contributed by atoms with E-state index in [4.69, 9.17) is 10.5 Å². The van der Waals surface area contributed by atoms with Crippen molar-refractivity contribution in [3.05, 3.63) is 54.1 Å². The third kappa shape index (κ3) is 4.91. The predicted molar refractivity (Wildman–Crippen MR) is 111 cm³/mol. The number of esters is 1. The van der Waals surface area contributed by atoms with Gasteiger partial charge in [-0.05, 0) is 41.7 Å². The van der Waals surface area contributed by atoms with E-state index >= 15 is 0 Å². The molecule has 2 aromatic rings. The second-order valence-corrected chi connectivity index (χ2v) is 7.46. The van der Waals surface area contributed by atoms with Gasteiger partial charge in [-0.1, -0.05) is 62.4 Å². The average molecular weight is 380 g/mol. The number of hydrogen-bond acceptors (Lipinski definition) is 4. The van der Waals surface area contributed by atoms with Gasteiger partial charge >= 0.3 is 5.97 Å². The van der Waals surface area contributed by atoms with Crippen molar-refractivity contribution >= 4 is 17.6 Å². The van der Waals surface area contributed by atoms with E-state index in [1.165, 1.54) is 26.4 Å². The summed E-state index contributed by atoms with van der Waals surface area (Å²) in [6.45, 7) is 0. The van der Waals surface area contributed by atoms with Crippen molar-refractivity contribution in [2.45, 2.75) is 44.6 Å². The number of nitrogens with two attached hydrogens (primary N) is 1. The largest absolute Gasteiger partial charge is 0.467 e. The lowest BCUT2D eigenvalue weighted by molar-refractivity contribution is -0.143. The van der Waals surface area contributed by atoms with Gasteiger partial charge < -0.3 is 15.8 Å². The number of hydrogen-bond donors (Lipinski definition) is 2. The Morgan fingerprint density at radius 2 is 1.82 bits per heavy atom. The number of benzene rings is 2. The zero-order valence-corrected chi connectivity index (χ0v) is 16.3. The number of anilines is 1. The molecule has 0 aromatic heterocycles. The Bertz CT molecular complexity index is 814. The summed E-state index contributed by atoms with van der Waals surface area (Å²) in [5.41, 5.74) is 8.69. The van der Waals surface area contributed by atoms with E-state index in [2.05, 4.69) is 5.32 Å². The van der Waals surface area contributed by atoms with Crippen LogP contribution < -0.4 is 11.1 Å². The molecule has 0 spiro atoms. The van der Waals surface area contributed by atoms with Gasteiger partial charge in [0.05, 0.1) is 7.11 Å². The molecule has 1 saturated carbocycles. The molecule has 0 heterocycles. The smallest absolute Gasteiger partial charge is 0.328 e. The third-order valence-corrected chi connectivity index (χ3v) is 5.46. The summed E-state index contributed by atoms with van der Waals surface area (Å²) in [4.78, 5) is 25.4. The molecule has 1 fully saturated rings. The number of ether oxygens (including phenoxy) is 1. The summed E-state index contributed by atoms with van der Waals surface area (Å²) >= 11 is 0. The molecule has 3 N–H and O–H groups in total. The summed E-state index contributed by atoms with van der Waals surface area (Å²) in [5, 5.41) is 2.91. The van der Waals surface area contributed by atoms with E-state index in [1.807, 2.05) is 30.3 Å². The molecule has 0 unspecified atom stereocenters. The lowest BCUT2D eigenvalue weighted by atomic mass is 9.84. The molecule has 2 aromatic carbocycles. The number of nitrogen functional groups attached to an aromatic ring is 1. The molecule has 1 amide bonds. The maximum atomic E-state index is 13.1. The van der Waals surface area contributed by atoms with Gasteiger partial charge in [-0.3, -0.25) is 4.79 Å². The third-order valence-electron chi connectivity index (χ3n) is 5.46. The van der Waals surface area contributed by atoms with E-state index < -0.39 is 12.0 Å². The second-order valence-electron chi connectivity index (χ2n) is 7.46. The van der Waals surface area contributed by atoms with Crippen LogP contribution in [-0.2, 0) is 9.53 Å². The van der Waals surface area contributed by atoms with Crippen LogP contribution in [0.3, 0.4) is 0 Å². The van der Waals surface area contributed by atoms with Gasteiger partial charge in [0.1, 0.15) is 6.04 Å². The van der Waals surface area contributed by atoms with Crippen molar-refractivity contribution in [1.82, 2.24) is 5.32 Å². The van der Waals surface area contributed by atoms with Gasteiger partial charge in [0.25, 0.3) is 5.91 Å². The SMILES string of the molecule is COC(=O)[C@@H](CC1CCCCC1)NC(=O)c1ccc(N)cc1-c1ccccc1. The Morgan fingerprint density at radius 1 is 1.11 bits per heavy atom. The standard InChI is InChI=1S/C23H28N2O3/c1-28-23(27)21(14-16-8-4-2-5-9-16)25-22(26)19-13-12-18(24)15-20(19)17-10-6-3-7-11-17/h3,6-7,10-13,15-16,21H,2,4-5,8-9,14,24H2,1H3,(H,25,26)/t21-/m1/s1. The predicted octanol–water partition coefficient (Wildman–Crippen LogP) is 4.18. The first-order valence-electron chi connectivity index (χ1n) is 9.92. The number of methoxy groups -OCH3 is 1. The zero-order chi connectivity index (χ0) is 19.9. The van der Waals surface area contributed by atoms with Gasteiger partial charge in [-0.2, -0.15) is 0 Å². The van der Waals surface area contributed by atoms with Crippen molar-refractivity contribution < 1.29 is 14.3 Å². The molecule has 28 heavy (non-hydrogen) atoms. The normalized spacial score (nSPS) is 15.6. The van der Waals surface area contributed by atoms with Crippen LogP contribution in [0.25, 0.3) is 11.1 Å². The second kappa shape index (κ2) is 9.40. The number of amides is 1. The van der Waals surface area contributed by atoms with Crippen LogP contribution in [0.2, 0.25) is 0 Å². The molecule has 5 heteroatoms. The quantitative estimate of drug-likeness (QED) is 0.582. The first-order chi connectivity index (χ1) is 13.6. The molecule has 0 aliphatic heterocycles. The summed E-state index contributed by atoms with van der Waals surface area (Å²) in [6.07, 6.45) is 6.43.